The first-order chi connectivity index (χ1) is 9.67. The molecule has 3 rings (SSSR count). The van der Waals surface area contributed by atoms with Gasteiger partial charge in [-0.05, 0) is 20.3 Å². The third-order valence-electron chi connectivity index (χ3n) is 4.09. The lowest BCUT2D eigenvalue weighted by molar-refractivity contribution is 0.107. The highest BCUT2D eigenvalue weighted by atomic mass is 16.5. The van der Waals surface area contributed by atoms with Gasteiger partial charge in [0.1, 0.15) is 5.82 Å². The van der Waals surface area contributed by atoms with E-state index in [9.17, 15) is 0 Å². The van der Waals surface area contributed by atoms with E-state index < -0.39 is 0 Å². The average molecular weight is 275 g/mol. The van der Waals surface area contributed by atoms with Crippen LogP contribution in [0.25, 0.3) is 0 Å². The Labute approximate surface area is 118 Å². The lowest BCUT2D eigenvalue weighted by Crippen LogP contribution is -2.25. The van der Waals surface area contributed by atoms with Gasteiger partial charge in [-0.1, -0.05) is 0 Å². The first-order valence-corrected chi connectivity index (χ1v) is 6.94. The van der Waals surface area contributed by atoms with Crippen LogP contribution in [0.2, 0.25) is 0 Å². The SMILES string of the molecule is CO[C@@H]1C[C@@H](c2nc(C)c(C)[nH]2)N(Cc2cnc[nH]2)C1. The molecule has 1 fully saturated rings. The topological polar surface area (TPSA) is 69.8 Å². The van der Waals surface area contributed by atoms with Crippen LogP contribution in [-0.2, 0) is 11.3 Å². The number of imidazole rings is 2. The van der Waals surface area contributed by atoms with Crippen molar-refractivity contribution in [3.05, 3.63) is 35.4 Å². The number of aryl methyl sites for hydroxylation is 2. The molecule has 6 heteroatoms. The minimum atomic E-state index is 0.258. The van der Waals surface area contributed by atoms with Crippen molar-refractivity contribution in [2.45, 2.75) is 39.0 Å². The maximum Gasteiger partial charge on any atom is 0.124 e. The van der Waals surface area contributed by atoms with Gasteiger partial charge in [-0.25, -0.2) is 9.97 Å². The Bertz CT molecular complexity index is 543. The quantitative estimate of drug-likeness (QED) is 0.891. The summed E-state index contributed by atoms with van der Waals surface area (Å²) in [4.78, 5) is 17.7. The molecule has 108 valence electrons. The summed E-state index contributed by atoms with van der Waals surface area (Å²) in [5.41, 5.74) is 3.33. The molecule has 0 radical (unpaired) electrons. The van der Waals surface area contributed by atoms with E-state index in [0.29, 0.717) is 0 Å². The van der Waals surface area contributed by atoms with Gasteiger partial charge in [-0.15, -0.1) is 0 Å². The van der Waals surface area contributed by atoms with E-state index in [2.05, 4.69) is 31.8 Å². The Kier molecular flexibility index (Phi) is 3.58. The third kappa shape index (κ3) is 2.48. The number of likely N-dealkylation sites (tertiary alicyclic amines) is 1. The van der Waals surface area contributed by atoms with E-state index in [1.165, 1.54) is 0 Å². The van der Waals surface area contributed by atoms with Gasteiger partial charge in [0.05, 0.1) is 24.2 Å². The van der Waals surface area contributed by atoms with E-state index in [1.54, 1.807) is 13.4 Å². The molecule has 2 atom stereocenters. The van der Waals surface area contributed by atoms with Gasteiger partial charge in [0.2, 0.25) is 0 Å². The van der Waals surface area contributed by atoms with Gasteiger partial charge in [0.15, 0.2) is 0 Å². The summed E-state index contributed by atoms with van der Waals surface area (Å²) in [6, 6.07) is 0.274. The second-order valence-electron chi connectivity index (χ2n) is 5.45. The number of methoxy groups -OCH3 is 1. The molecule has 6 nitrogen and oxygen atoms in total. The number of aromatic amines is 2. The highest BCUT2D eigenvalue weighted by Crippen LogP contribution is 2.33. The first kappa shape index (κ1) is 13.3. The van der Waals surface area contributed by atoms with Crippen LogP contribution >= 0.6 is 0 Å². The second-order valence-corrected chi connectivity index (χ2v) is 5.45. The number of nitrogens with zero attached hydrogens (tertiary/aromatic N) is 3. The molecule has 20 heavy (non-hydrogen) atoms. The lowest BCUT2D eigenvalue weighted by atomic mass is 10.2. The number of aromatic nitrogens is 4. The van der Waals surface area contributed by atoms with Crippen molar-refractivity contribution in [1.82, 2.24) is 24.8 Å². The van der Waals surface area contributed by atoms with Crippen LogP contribution in [0.1, 0.15) is 35.4 Å². The summed E-state index contributed by atoms with van der Waals surface area (Å²) < 4.78 is 5.54. The normalized spacial score (nSPS) is 23.6. The monoisotopic (exact) mass is 275 g/mol. The summed E-state index contributed by atoms with van der Waals surface area (Å²) in [6.45, 7) is 5.85. The van der Waals surface area contributed by atoms with Crippen molar-refractivity contribution < 1.29 is 4.74 Å². The van der Waals surface area contributed by atoms with Crippen LogP contribution in [0.4, 0.5) is 0 Å². The minimum Gasteiger partial charge on any atom is -0.380 e. The number of H-pyrrole nitrogens is 2. The number of nitrogens with one attached hydrogen (secondary N) is 2. The molecule has 0 unspecified atom stereocenters. The molecule has 0 spiro atoms. The molecule has 2 aromatic rings. The fourth-order valence-electron chi connectivity index (χ4n) is 2.81. The summed E-state index contributed by atoms with van der Waals surface area (Å²) in [5, 5.41) is 0. The largest absolute Gasteiger partial charge is 0.380 e. The van der Waals surface area contributed by atoms with Gasteiger partial charge >= 0.3 is 0 Å². The fraction of sp³-hybridized carbons (Fsp3) is 0.571. The molecule has 2 aromatic heterocycles. The Hall–Kier alpha value is -1.66. The molecule has 1 aliphatic heterocycles. The smallest absolute Gasteiger partial charge is 0.124 e. The number of hydrogen-bond acceptors (Lipinski definition) is 4. The van der Waals surface area contributed by atoms with Gasteiger partial charge < -0.3 is 14.7 Å². The molecule has 0 aliphatic carbocycles. The Balaban J connectivity index is 1.82. The first-order valence-electron chi connectivity index (χ1n) is 6.94. The van der Waals surface area contributed by atoms with E-state index >= 15 is 0 Å². The van der Waals surface area contributed by atoms with Crippen molar-refractivity contribution in [2.24, 2.45) is 0 Å². The minimum absolute atomic E-state index is 0.258. The zero-order chi connectivity index (χ0) is 14.1. The number of ether oxygens (including phenoxy) is 1. The van der Waals surface area contributed by atoms with Crippen molar-refractivity contribution in [3.63, 3.8) is 0 Å². The summed E-state index contributed by atoms with van der Waals surface area (Å²) >= 11 is 0. The van der Waals surface area contributed by atoms with Crippen LogP contribution in [0.5, 0.6) is 0 Å². The van der Waals surface area contributed by atoms with Crippen molar-refractivity contribution in [2.75, 3.05) is 13.7 Å². The van der Waals surface area contributed by atoms with Gasteiger partial charge in [0.25, 0.3) is 0 Å². The molecular weight excluding hydrogens is 254 g/mol. The third-order valence-corrected chi connectivity index (χ3v) is 4.09. The second kappa shape index (κ2) is 5.38. The summed E-state index contributed by atoms with van der Waals surface area (Å²) in [5.74, 6) is 1.04. The fourth-order valence-corrected chi connectivity index (χ4v) is 2.81. The van der Waals surface area contributed by atoms with Gasteiger partial charge in [-0.2, -0.15) is 0 Å². The Morgan fingerprint density at radius 2 is 2.30 bits per heavy atom. The molecule has 1 saturated heterocycles. The van der Waals surface area contributed by atoms with Gasteiger partial charge in [-0.3, -0.25) is 4.90 Å². The molecule has 1 aliphatic rings. The predicted octanol–water partition coefficient (Wildman–Crippen LogP) is 1.71. The standard InChI is InChI=1S/C14H21N5O/c1-9-10(2)18-14(17-9)13-4-12(20-3)7-19(13)6-11-5-15-8-16-11/h5,8,12-13H,4,6-7H2,1-3H3,(H,15,16)(H,17,18)/t12-,13+/m1/s1. The highest BCUT2D eigenvalue weighted by molar-refractivity contribution is 5.15. The molecule has 0 aromatic carbocycles. The molecule has 0 bridgehead atoms. The van der Waals surface area contributed by atoms with E-state index in [-0.39, 0.29) is 12.1 Å². The van der Waals surface area contributed by atoms with E-state index in [4.69, 9.17) is 4.74 Å². The summed E-state index contributed by atoms with van der Waals surface area (Å²) in [7, 11) is 1.78. The number of rotatable bonds is 4. The molecular formula is C14H21N5O. The van der Waals surface area contributed by atoms with E-state index in [1.807, 2.05) is 13.1 Å². The zero-order valence-corrected chi connectivity index (χ0v) is 12.2. The van der Waals surface area contributed by atoms with Crippen LogP contribution in [0, 0.1) is 13.8 Å². The molecule has 2 N–H and O–H groups in total. The lowest BCUT2D eigenvalue weighted by Gasteiger charge is -2.21. The molecule has 0 amide bonds. The number of hydrogen-bond donors (Lipinski definition) is 2. The summed E-state index contributed by atoms with van der Waals surface area (Å²) in [6.07, 6.45) is 4.82. The van der Waals surface area contributed by atoms with Crippen LogP contribution in [-0.4, -0.2) is 44.6 Å². The van der Waals surface area contributed by atoms with Crippen molar-refractivity contribution in [1.29, 1.82) is 0 Å². The average Bonchev–Trinajstić information content (AvgIpc) is 3.13. The van der Waals surface area contributed by atoms with Crippen molar-refractivity contribution >= 4 is 0 Å². The van der Waals surface area contributed by atoms with Crippen molar-refractivity contribution in [3.8, 4) is 0 Å². The highest BCUT2D eigenvalue weighted by Gasteiger charge is 2.35. The predicted molar refractivity (Wildman–Crippen MR) is 75.2 cm³/mol. The Morgan fingerprint density at radius 1 is 1.45 bits per heavy atom. The van der Waals surface area contributed by atoms with E-state index in [0.717, 1.165) is 42.4 Å². The van der Waals surface area contributed by atoms with Crippen LogP contribution in [0.3, 0.4) is 0 Å². The van der Waals surface area contributed by atoms with Crippen LogP contribution in [0.15, 0.2) is 12.5 Å². The molecule has 3 heterocycles. The Morgan fingerprint density at radius 3 is 2.90 bits per heavy atom. The van der Waals surface area contributed by atoms with Crippen LogP contribution < -0.4 is 0 Å². The zero-order valence-electron chi connectivity index (χ0n) is 12.2. The maximum atomic E-state index is 5.54. The molecule has 0 saturated carbocycles. The maximum absolute atomic E-state index is 5.54. The van der Waals surface area contributed by atoms with Gasteiger partial charge in [0, 0.05) is 37.8 Å².